The van der Waals surface area contributed by atoms with E-state index in [0.29, 0.717) is 10.6 Å². The molecule has 1 aromatic carbocycles. The fraction of sp³-hybridized carbons (Fsp3) is 0.273. The Bertz CT molecular complexity index is 457. The van der Waals surface area contributed by atoms with Crippen LogP contribution in [0, 0.1) is 5.82 Å². The van der Waals surface area contributed by atoms with Crippen molar-refractivity contribution in [1.29, 1.82) is 0 Å². The number of hydrogen-bond acceptors (Lipinski definition) is 2. The van der Waals surface area contributed by atoms with Crippen LogP contribution >= 0.6 is 11.6 Å². The third kappa shape index (κ3) is 2.94. The molecular weight excluding hydrogens is 274 g/mol. The van der Waals surface area contributed by atoms with E-state index < -0.39 is 24.6 Å². The van der Waals surface area contributed by atoms with Crippen molar-refractivity contribution in [2.24, 2.45) is 0 Å². The summed E-state index contributed by atoms with van der Waals surface area (Å²) in [5.41, 5.74) is 0.430. The Morgan fingerprint density at radius 1 is 1.22 bits per heavy atom. The zero-order valence-electron chi connectivity index (χ0n) is 8.92. The zero-order valence-corrected chi connectivity index (χ0v) is 9.67. The van der Waals surface area contributed by atoms with Crippen molar-refractivity contribution < 1.29 is 22.4 Å². The van der Waals surface area contributed by atoms with Crippen LogP contribution in [0.4, 0.5) is 17.6 Å². The topological polar surface area (TPSA) is 12.5 Å². The van der Waals surface area contributed by atoms with E-state index in [1.54, 1.807) is 0 Å². The minimum atomic E-state index is -4.41. The number of nitrogens with zero attached hydrogens (tertiary/aromatic N) is 1. The molecule has 2 nitrogen and oxygen atoms in total. The van der Waals surface area contributed by atoms with E-state index in [-0.39, 0.29) is 5.03 Å². The normalized spacial score (nSPS) is 20.7. The van der Waals surface area contributed by atoms with Gasteiger partial charge >= 0.3 is 6.18 Å². The predicted molar refractivity (Wildman–Crippen MR) is 56.9 cm³/mol. The zero-order chi connectivity index (χ0) is 13.3. The average Bonchev–Trinajstić information content (AvgIpc) is 2.59. The molecular formula is C11H8ClF4NO. The number of hydroxylamine groups is 2. The van der Waals surface area contributed by atoms with Gasteiger partial charge in [0, 0.05) is 0 Å². The highest BCUT2D eigenvalue weighted by molar-refractivity contribution is 6.30. The lowest BCUT2D eigenvalue weighted by atomic mass is 10.1. The summed E-state index contributed by atoms with van der Waals surface area (Å²) in [6.45, 7) is -1.26. The highest BCUT2D eigenvalue weighted by atomic mass is 35.5. The number of hydrogen-bond donors (Lipinski definition) is 0. The van der Waals surface area contributed by atoms with Gasteiger partial charge in [0.15, 0.2) is 0 Å². The van der Waals surface area contributed by atoms with Gasteiger partial charge < -0.3 is 4.84 Å². The molecule has 18 heavy (non-hydrogen) atoms. The Balaban J connectivity index is 2.22. The number of benzene rings is 1. The van der Waals surface area contributed by atoms with Gasteiger partial charge in [-0.15, -0.1) is 5.06 Å². The molecule has 1 aliphatic heterocycles. The molecule has 7 heteroatoms. The molecule has 98 valence electrons. The van der Waals surface area contributed by atoms with E-state index in [9.17, 15) is 17.6 Å². The van der Waals surface area contributed by atoms with Gasteiger partial charge in [0.05, 0.1) is 5.03 Å². The fourth-order valence-corrected chi connectivity index (χ4v) is 1.93. The van der Waals surface area contributed by atoms with Gasteiger partial charge in [0.1, 0.15) is 24.7 Å². The smallest absolute Gasteiger partial charge is 0.404 e. The second-order valence-corrected chi connectivity index (χ2v) is 4.19. The van der Waals surface area contributed by atoms with Crippen LogP contribution in [0.1, 0.15) is 11.6 Å². The molecule has 2 rings (SSSR count). The van der Waals surface area contributed by atoms with Crippen molar-refractivity contribution in [2.45, 2.75) is 12.2 Å². The van der Waals surface area contributed by atoms with Crippen LogP contribution in [0.25, 0.3) is 0 Å². The molecule has 0 aromatic heterocycles. The largest absolute Gasteiger partial charge is 0.411 e. The Morgan fingerprint density at radius 3 is 2.39 bits per heavy atom. The molecule has 1 heterocycles. The van der Waals surface area contributed by atoms with Crippen molar-refractivity contribution in [3.05, 3.63) is 46.9 Å². The summed E-state index contributed by atoms with van der Waals surface area (Å²) in [6.07, 6.45) is -3.37. The maximum atomic E-state index is 12.8. The van der Waals surface area contributed by atoms with Crippen LogP contribution in [0.5, 0.6) is 0 Å². The van der Waals surface area contributed by atoms with Gasteiger partial charge in [-0.25, -0.2) is 4.39 Å². The van der Waals surface area contributed by atoms with Crippen molar-refractivity contribution in [3.8, 4) is 0 Å². The number of alkyl halides is 3. The van der Waals surface area contributed by atoms with Crippen molar-refractivity contribution in [1.82, 2.24) is 5.06 Å². The van der Waals surface area contributed by atoms with Crippen LogP contribution in [0.15, 0.2) is 35.6 Å². The molecule has 0 spiro atoms. The van der Waals surface area contributed by atoms with E-state index in [4.69, 9.17) is 16.4 Å². The molecule has 0 fully saturated rings. The first-order chi connectivity index (χ1) is 8.37. The van der Waals surface area contributed by atoms with Crippen molar-refractivity contribution in [2.75, 3.05) is 6.54 Å². The summed E-state index contributed by atoms with van der Waals surface area (Å²) < 4.78 is 49.8. The predicted octanol–water partition coefficient (Wildman–Crippen LogP) is 3.76. The molecule has 0 bridgehead atoms. The maximum Gasteiger partial charge on any atom is 0.404 e. The lowest BCUT2D eigenvalue weighted by Gasteiger charge is -2.24. The second kappa shape index (κ2) is 4.78. The molecule has 0 saturated heterocycles. The lowest BCUT2D eigenvalue weighted by Crippen LogP contribution is -2.33. The lowest BCUT2D eigenvalue weighted by molar-refractivity contribution is -0.213. The molecule has 1 unspecified atom stereocenters. The summed E-state index contributed by atoms with van der Waals surface area (Å²) in [4.78, 5) is 4.76. The molecule has 0 N–H and O–H groups in total. The Labute approximate surface area is 105 Å². The highest BCUT2D eigenvalue weighted by Crippen LogP contribution is 2.38. The first-order valence-corrected chi connectivity index (χ1v) is 5.36. The molecule has 0 aliphatic carbocycles. The van der Waals surface area contributed by atoms with Crippen molar-refractivity contribution in [3.63, 3.8) is 0 Å². The van der Waals surface area contributed by atoms with Crippen LogP contribution in [-0.4, -0.2) is 17.8 Å². The van der Waals surface area contributed by atoms with Crippen LogP contribution < -0.4 is 0 Å². The van der Waals surface area contributed by atoms with E-state index >= 15 is 0 Å². The SMILES string of the molecule is Fc1ccc(C2C(Cl)=CON2CC(F)(F)F)cc1. The van der Waals surface area contributed by atoms with Crippen LogP contribution in [0.3, 0.4) is 0 Å². The average molecular weight is 282 g/mol. The second-order valence-electron chi connectivity index (χ2n) is 3.75. The molecule has 1 atom stereocenters. The van der Waals surface area contributed by atoms with Crippen LogP contribution in [-0.2, 0) is 4.84 Å². The quantitative estimate of drug-likeness (QED) is 0.766. The van der Waals surface area contributed by atoms with Crippen molar-refractivity contribution >= 4 is 11.6 Å². The monoisotopic (exact) mass is 281 g/mol. The maximum absolute atomic E-state index is 12.8. The van der Waals surface area contributed by atoms with Gasteiger partial charge in [-0.3, -0.25) is 0 Å². The van der Waals surface area contributed by atoms with E-state index in [1.165, 1.54) is 12.1 Å². The Hall–Kier alpha value is -1.27. The van der Waals surface area contributed by atoms with Gasteiger partial charge in [-0.05, 0) is 17.7 Å². The van der Waals surface area contributed by atoms with Gasteiger partial charge in [-0.1, -0.05) is 23.7 Å². The first-order valence-electron chi connectivity index (χ1n) is 4.98. The Morgan fingerprint density at radius 2 is 1.83 bits per heavy atom. The minimum absolute atomic E-state index is 0.117. The van der Waals surface area contributed by atoms with E-state index in [1.807, 2.05) is 0 Å². The van der Waals surface area contributed by atoms with Gasteiger partial charge in [0.25, 0.3) is 0 Å². The van der Waals surface area contributed by atoms with E-state index in [0.717, 1.165) is 18.4 Å². The molecule has 0 saturated carbocycles. The van der Waals surface area contributed by atoms with Gasteiger partial charge in [-0.2, -0.15) is 13.2 Å². The highest BCUT2D eigenvalue weighted by Gasteiger charge is 2.39. The summed E-state index contributed by atoms with van der Waals surface area (Å²) >= 11 is 5.81. The minimum Gasteiger partial charge on any atom is -0.411 e. The third-order valence-corrected chi connectivity index (χ3v) is 2.67. The number of halogens is 5. The standard InChI is InChI=1S/C11H8ClF4NO/c12-9-5-18-17(6-11(14,15)16)10(9)7-1-3-8(13)4-2-7/h1-5,10H,6H2. The summed E-state index contributed by atoms with van der Waals surface area (Å²) in [6, 6.07) is 4.18. The molecule has 0 radical (unpaired) electrons. The third-order valence-electron chi connectivity index (χ3n) is 2.37. The summed E-state index contributed by atoms with van der Waals surface area (Å²) in [5, 5.41) is 0.820. The van der Waals surface area contributed by atoms with Crippen LogP contribution in [0.2, 0.25) is 0 Å². The first kappa shape index (κ1) is 13.2. The summed E-state index contributed by atoms with van der Waals surface area (Å²) in [5.74, 6) is -0.472. The molecule has 1 aromatic rings. The number of rotatable bonds is 2. The van der Waals surface area contributed by atoms with Gasteiger partial charge in [0.2, 0.25) is 0 Å². The van der Waals surface area contributed by atoms with E-state index in [2.05, 4.69) is 0 Å². The molecule has 1 aliphatic rings. The fourth-order valence-electron chi connectivity index (χ4n) is 1.66. The summed E-state index contributed by atoms with van der Waals surface area (Å²) in [7, 11) is 0. The molecule has 0 amide bonds. The Kier molecular flexibility index (Phi) is 3.49.